The van der Waals surface area contributed by atoms with Gasteiger partial charge in [0, 0.05) is 99.4 Å². The normalized spacial score (nSPS) is 26.4. The Labute approximate surface area is 573 Å². The quantitative estimate of drug-likeness (QED) is 0.0142. The monoisotopic (exact) mass is 1410 g/mol. The molecule has 98 heavy (non-hydrogen) atoms. The topological polar surface area (TPSA) is 460 Å². The van der Waals surface area contributed by atoms with Crippen LogP contribution < -0.4 is 41.0 Å². The molecule has 4 saturated heterocycles. The molecule has 13 atom stereocenters. The fourth-order valence-corrected chi connectivity index (χ4v) is 14.2. The van der Waals surface area contributed by atoms with Crippen LogP contribution >= 0.6 is 23.7 Å². The van der Waals surface area contributed by atoms with E-state index >= 15 is 0 Å². The van der Waals surface area contributed by atoms with Gasteiger partial charge in [-0.15, -0.1) is 10.2 Å². The number of amides is 7. The van der Waals surface area contributed by atoms with E-state index in [1.165, 1.54) is 81.1 Å². The van der Waals surface area contributed by atoms with E-state index in [1.54, 1.807) is 12.1 Å². The molecule has 9 rings (SSSR count). The molecule has 0 radical (unpaired) electrons. The summed E-state index contributed by atoms with van der Waals surface area (Å²) in [6.07, 6.45) is -4.84. The van der Waals surface area contributed by atoms with Crippen LogP contribution in [0.5, 0.6) is 11.5 Å². The molecule has 1 aliphatic carbocycles. The standard InChI is InChI=1S/C64H88N12O20S2/c1-34-30-76-54(55(34)85)60(90)66-29-43(80)27-45(67-56(86)37-10-12-38(13-11-37)61-71-72-62(97-61)39-14-16-42(17-15-39)74-23-21-73(22-24-74)41-7-5-3-4-6-8-41)57(87)68-51(35(2)79)63(91)75-31-44(81)28-46(75)58(88)69-52(49(84)25-36-9-18-47(82)50(26-36)94-98-96-95-93)59(89)70-53(64(76)92)48(83)19-20-65-40(32-77)33-78/h9-18,26,34-35,40-41,43-46,48-49,51-55,65,77-85,93H,3-8,19-25,27-33H2,1-2H3,(H,66,90)(H,67,86)(H,68,87)(H,69,88)(H,70,89)/t34-,35+,43+,44+,45-,46-,48+,49+,51-,52-,53-,54-,55-/m0/s1. The zero-order valence-electron chi connectivity index (χ0n) is 54.2. The average Bonchev–Trinajstić information content (AvgIpc) is 1.62. The zero-order valence-corrected chi connectivity index (χ0v) is 55.8. The van der Waals surface area contributed by atoms with Gasteiger partial charge in [-0.05, 0) is 86.8 Å². The highest BCUT2D eigenvalue weighted by Gasteiger charge is 2.50. The van der Waals surface area contributed by atoms with Crippen LogP contribution in [0.1, 0.15) is 87.6 Å². The number of piperazine rings is 1. The highest BCUT2D eigenvalue weighted by Crippen LogP contribution is 2.34. The molecule has 3 aromatic carbocycles. The fraction of sp³-hybridized carbons (Fsp3) is 0.578. The van der Waals surface area contributed by atoms with Crippen LogP contribution in [0, 0.1) is 5.92 Å². The van der Waals surface area contributed by atoms with E-state index in [1.807, 2.05) is 12.1 Å². The number of phenolic OH excluding ortho intramolecular Hbond substituents is 1. The van der Waals surface area contributed by atoms with Crippen molar-refractivity contribution in [3.63, 3.8) is 0 Å². The van der Waals surface area contributed by atoms with Gasteiger partial charge in [0.05, 0.1) is 55.9 Å². The Bertz CT molecular complexity index is 3340. The Kier molecular flexibility index (Phi) is 26.9. The average molecular weight is 1410 g/mol. The van der Waals surface area contributed by atoms with E-state index in [-0.39, 0.29) is 42.3 Å². The van der Waals surface area contributed by atoms with Crippen molar-refractivity contribution in [3.05, 3.63) is 77.9 Å². The number of nitrogens with zero attached hydrogens (tertiary/aromatic N) is 6. The number of hydrogen-bond donors (Lipinski definition) is 16. The number of aliphatic hydroxyl groups excluding tert-OH is 8. The summed E-state index contributed by atoms with van der Waals surface area (Å²) in [5.41, 5.74) is 2.74. The van der Waals surface area contributed by atoms with Crippen LogP contribution in [-0.2, 0) is 44.6 Å². The molecule has 536 valence electrons. The smallest absolute Gasteiger partial charge is 0.261 e. The number of hydrogen-bond acceptors (Lipinski definition) is 27. The minimum atomic E-state index is -2.16. The number of phenols is 1. The Hall–Kier alpha value is -7.26. The predicted molar refractivity (Wildman–Crippen MR) is 353 cm³/mol. The van der Waals surface area contributed by atoms with E-state index in [0.717, 1.165) is 60.2 Å². The molecule has 0 spiro atoms. The van der Waals surface area contributed by atoms with Crippen LogP contribution in [0.3, 0.4) is 0 Å². The van der Waals surface area contributed by atoms with Crippen LogP contribution in [0.4, 0.5) is 5.69 Å². The molecule has 4 aromatic rings. The Morgan fingerprint density at radius 2 is 1.37 bits per heavy atom. The maximum atomic E-state index is 15.0. The highest BCUT2D eigenvalue weighted by molar-refractivity contribution is 7.90. The minimum absolute atomic E-state index is 0.0238. The van der Waals surface area contributed by atoms with E-state index in [9.17, 15) is 79.5 Å². The van der Waals surface area contributed by atoms with Crippen molar-refractivity contribution in [1.29, 1.82) is 0 Å². The number of benzene rings is 3. The number of nitrogens with one attached hydrogen (secondary N) is 6. The maximum absolute atomic E-state index is 15.0. The molecule has 4 aliphatic heterocycles. The molecule has 34 heteroatoms. The van der Waals surface area contributed by atoms with E-state index in [4.69, 9.17) is 9.44 Å². The molecule has 7 amide bonds. The highest BCUT2D eigenvalue weighted by atomic mass is 32.2. The summed E-state index contributed by atoms with van der Waals surface area (Å²) in [5, 5.41) is 136. The van der Waals surface area contributed by atoms with Crippen molar-refractivity contribution in [2.75, 3.05) is 70.5 Å². The van der Waals surface area contributed by atoms with Crippen molar-refractivity contribution in [1.82, 2.24) is 56.8 Å². The lowest BCUT2D eigenvalue weighted by Crippen LogP contribution is -2.64. The lowest BCUT2D eigenvalue weighted by molar-refractivity contribution is -0.433. The second-order valence-corrected chi connectivity index (χ2v) is 27.0. The first-order valence-electron chi connectivity index (χ1n) is 32.9. The van der Waals surface area contributed by atoms with Crippen LogP contribution in [0.15, 0.2) is 66.7 Å². The van der Waals surface area contributed by atoms with Gasteiger partial charge in [-0.2, -0.15) is 0 Å². The zero-order chi connectivity index (χ0) is 70.3. The molecule has 5 aliphatic rings. The maximum Gasteiger partial charge on any atom is 0.261 e. The Morgan fingerprint density at radius 1 is 0.735 bits per heavy atom. The van der Waals surface area contributed by atoms with Gasteiger partial charge in [0.1, 0.15) is 46.3 Å². The summed E-state index contributed by atoms with van der Waals surface area (Å²) in [4.78, 5) is 109. The van der Waals surface area contributed by atoms with E-state index < -0.39 is 184 Å². The third kappa shape index (κ3) is 19.0. The second-order valence-electron chi connectivity index (χ2n) is 25.6. The summed E-state index contributed by atoms with van der Waals surface area (Å²) in [6, 6.07) is 6.34. The van der Waals surface area contributed by atoms with Crippen molar-refractivity contribution < 1.29 is 98.3 Å². The Balaban J connectivity index is 0.965. The third-order valence-electron chi connectivity index (χ3n) is 18.7. The van der Waals surface area contributed by atoms with Gasteiger partial charge < -0.3 is 96.7 Å². The summed E-state index contributed by atoms with van der Waals surface area (Å²) in [5.74, 6) is -9.57. The molecule has 16 N–H and O–H groups in total. The van der Waals surface area contributed by atoms with Gasteiger partial charge in [-0.1, -0.05) is 71.5 Å². The molecule has 0 unspecified atom stereocenters. The molecule has 32 nitrogen and oxygen atoms in total. The molecule has 5 fully saturated rings. The second kappa shape index (κ2) is 35.2. The number of anilines is 1. The number of rotatable bonds is 21. The van der Waals surface area contributed by atoms with E-state index in [0.29, 0.717) is 21.6 Å². The summed E-state index contributed by atoms with van der Waals surface area (Å²) in [6.45, 7) is 3.67. The molecule has 5 heterocycles. The number of β-amino-alcohol motifs (C(OH)–C–C–N with tert-alkyl or cyclic N) is 1. The van der Waals surface area contributed by atoms with Crippen molar-refractivity contribution in [2.45, 2.75) is 163 Å². The largest absolute Gasteiger partial charge is 0.504 e. The lowest BCUT2D eigenvalue weighted by atomic mass is 9.98. The van der Waals surface area contributed by atoms with Crippen molar-refractivity contribution >= 4 is 70.7 Å². The number of aliphatic hydroxyl groups is 8. The van der Waals surface area contributed by atoms with Crippen LogP contribution in [-0.4, -0.2) is 268 Å². The summed E-state index contributed by atoms with van der Waals surface area (Å²) < 4.78 is 9.38. The first kappa shape index (κ1) is 75.0. The van der Waals surface area contributed by atoms with Crippen LogP contribution in [0.2, 0.25) is 0 Å². The van der Waals surface area contributed by atoms with E-state index in [2.05, 4.69) is 73.4 Å². The number of carbonyl (C=O) groups is 7. The lowest BCUT2D eigenvalue weighted by Gasteiger charge is -2.40. The van der Waals surface area contributed by atoms with Crippen molar-refractivity contribution in [3.8, 4) is 32.6 Å². The first-order chi connectivity index (χ1) is 47.0. The third-order valence-corrected chi connectivity index (χ3v) is 20.0. The molecule has 0 bridgehead atoms. The number of aromatic nitrogens is 2. The van der Waals surface area contributed by atoms with Gasteiger partial charge in [0.25, 0.3) is 18.2 Å². The molecular formula is C64H88N12O20S2. The summed E-state index contributed by atoms with van der Waals surface area (Å²) >= 11 is 1.41. The number of carbonyl (C=O) groups excluding carboxylic acids is 7. The molecule has 1 aromatic heterocycles. The predicted octanol–water partition coefficient (Wildman–Crippen LogP) is -1.93. The SMILES string of the molecule is C[C@@H](O)[C@@H]1NC(=O)[C@@H](NC(=O)c2ccc(-c3nnc(-c4ccc(N5CCN(C6CCCCCC6)CC5)cc4)s3)cc2)C[C@@H](O)CNC(=O)[C@@H]2[C@@H](O)[C@@H](C)CN2C(=O)[C@H]([C@H](O)CCNC(CO)CO)NC(=O)[C@H]([C@H](O)Cc2ccc(O)c(OSOOO)c2)NC(=O)[C@@H]2C[C@@H](O)CN2C1=O. The van der Waals surface area contributed by atoms with Gasteiger partial charge in [0.2, 0.25) is 35.4 Å². The first-order valence-corrected chi connectivity index (χ1v) is 34.3. The molecule has 1 saturated carbocycles. The number of fused-ring (bicyclic) bond motifs is 2. The van der Waals surface area contributed by atoms with Gasteiger partial charge in [-0.25, -0.2) is 5.26 Å². The summed E-state index contributed by atoms with van der Waals surface area (Å²) in [7, 11) is 0. The Morgan fingerprint density at radius 3 is 2.01 bits per heavy atom. The number of aromatic hydroxyl groups is 1. The van der Waals surface area contributed by atoms with Gasteiger partial charge in [-0.3, -0.25) is 38.5 Å². The minimum Gasteiger partial charge on any atom is -0.504 e. The van der Waals surface area contributed by atoms with Crippen molar-refractivity contribution in [2.24, 2.45) is 5.92 Å². The molecular weight excluding hydrogens is 1320 g/mol. The fourth-order valence-electron chi connectivity index (χ4n) is 13.1. The van der Waals surface area contributed by atoms with Gasteiger partial charge >= 0.3 is 0 Å². The van der Waals surface area contributed by atoms with Gasteiger partial charge in [0.15, 0.2) is 11.5 Å². The van der Waals surface area contributed by atoms with Crippen LogP contribution in [0.25, 0.3) is 21.1 Å².